The molecule has 2 aromatic rings. The minimum atomic E-state index is -3.72. The molecule has 2 aromatic carbocycles. The van der Waals surface area contributed by atoms with Gasteiger partial charge in [-0.3, -0.25) is 5.01 Å². The molecule has 0 bridgehead atoms. The monoisotopic (exact) mass is 322 g/mol. The summed E-state index contributed by atoms with van der Waals surface area (Å²) in [5, 5.41) is 1.44. The van der Waals surface area contributed by atoms with Crippen LogP contribution in [0.2, 0.25) is 0 Å². The van der Waals surface area contributed by atoms with E-state index in [4.69, 9.17) is 9.47 Å². The largest absolute Gasteiger partial charge is 0.493 e. The molecule has 0 spiro atoms. The standard InChI is InChI=1S/C15H18N2O4S/c1-17(12-7-5-4-6-8-12)16-22(18,19)13-9-10-14(20-2)15(11-13)21-3/h4-11,16H,1-3H3. The first-order chi connectivity index (χ1) is 10.5. The maximum absolute atomic E-state index is 12.4. The van der Waals surface area contributed by atoms with Crippen molar-refractivity contribution in [2.75, 3.05) is 26.3 Å². The molecule has 0 saturated heterocycles. The van der Waals surface area contributed by atoms with Gasteiger partial charge >= 0.3 is 0 Å². The number of rotatable bonds is 6. The van der Waals surface area contributed by atoms with Crippen molar-refractivity contribution in [2.45, 2.75) is 4.90 Å². The van der Waals surface area contributed by atoms with Gasteiger partial charge < -0.3 is 9.47 Å². The number of hydrogen-bond donors (Lipinski definition) is 1. The predicted octanol–water partition coefficient (Wildman–Crippen LogP) is 2.03. The van der Waals surface area contributed by atoms with Crippen molar-refractivity contribution in [1.29, 1.82) is 0 Å². The summed E-state index contributed by atoms with van der Waals surface area (Å²) >= 11 is 0. The lowest BCUT2D eigenvalue weighted by Crippen LogP contribution is -2.39. The Kier molecular flexibility index (Phi) is 4.89. The third-order valence-electron chi connectivity index (χ3n) is 3.07. The summed E-state index contributed by atoms with van der Waals surface area (Å²) in [6.07, 6.45) is 0. The van der Waals surface area contributed by atoms with Gasteiger partial charge in [-0.15, -0.1) is 4.83 Å². The molecular formula is C15H18N2O4S. The van der Waals surface area contributed by atoms with Crippen LogP contribution in [-0.4, -0.2) is 29.7 Å². The molecule has 1 N–H and O–H groups in total. The summed E-state index contributed by atoms with van der Waals surface area (Å²) < 4.78 is 35.1. The molecule has 0 radical (unpaired) electrons. The van der Waals surface area contributed by atoms with Crippen LogP contribution in [0.25, 0.3) is 0 Å². The highest BCUT2D eigenvalue weighted by atomic mass is 32.2. The molecule has 0 atom stereocenters. The molecule has 0 amide bonds. The summed E-state index contributed by atoms with van der Waals surface area (Å²) in [4.78, 5) is 2.58. The average Bonchev–Trinajstić information content (AvgIpc) is 2.54. The molecule has 7 heteroatoms. The fourth-order valence-corrected chi connectivity index (χ4v) is 3.00. The Morgan fingerprint density at radius 3 is 2.18 bits per heavy atom. The Morgan fingerprint density at radius 1 is 0.955 bits per heavy atom. The first-order valence-corrected chi connectivity index (χ1v) is 7.99. The van der Waals surface area contributed by atoms with Gasteiger partial charge in [0.2, 0.25) is 0 Å². The van der Waals surface area contributed by atoms with Crippen molar-refractivity contribution in [3.63, 3.8) is 0 Å². The number of para-hydroxylation sites is 1. The fourth-order valence-electron chi connectivity index (χ4n) is 1.92. The number of nitrogens with one attached hydrogen (secondary N) is 1. The lowest BCUT2D eigenvalue weighted by molar-refractivity contribution is 0.354. The molecule has 22 heavy (non-hydrogen) atoms. The van der Waals surface area contributed by atoms with Crippen LogP contribution in [0, 0.1) is 0 Å². The van der Waals surface area contributed by atoms with E-state index in [1.165, 1.54) is 31.4 Å². The van der Waals surface area contributed by atoms with E-state index in [9.17, 15) is 8.42 Å². The van der Waals surface area contributed by atoms with E-state index in [0.29, 0.717) is 11.5 Å². The van der Waals surface area contributed by atoms with Crippen molar-refractivity contribution in [2.24, 2.45) is 0 Å². The molecule has 0 aliphatic carbocycles. The number of sulfonamides is 1. The van der Waals surface area contributed by atoms with E-state index in [1.54, 1.807) is 25.2 Å². The van der Waals surface area contributed by atoms with E-state index in [2.05, 4.69) is 4.83 Å². The number of benzene rings is 2. The highest BCUT2D eigenvalue weighted by molar-refractivity contribution is 7.89. The number of anilines is 1. The molecule has 0 aromatic heterocycles. The molecule has 118 valence electrons. The summed E-state index contributed by atoms with van der Waals surface area (Å²) in [6, 6.07) is 13.6. The lowest BCUT2D eigenvalue weighted by atomic mass is 10.3. The van der Waals surface area contributed by atoms with E-state index >= 15 is 0 Å². The fraction of sp³-hybridized carbons (Fsp3) is 0.200. The first-order valence-electron chi connectivity index (χ1n) is 6.51. The third-order valence-corrected chi connectivity index (χ3v) is 4.45. The Labute approximate surface area is 130 Å². The Morgan fingerprint density at radius 2 is 1.59 bits per heavy atom. The van der Waals surface area contributed by atoms with Gasteiger partial charge in [0.25, 0.3) is 10.0 Å². The SMILES string of the molecule is COc1ccc(S(=O)(=O)NN(C)c2ccccc2)cc1OC. The van der Waals surface area contributed by atoms with Crippen molar-refractivity contribution in [3.8, 4) is 11.5 Å². The van der Waals surface area contributed by atoms with Crippen LogP contribution < -0.4 is 19.3 Å². The predicted molar refractivity (Wildman–Crippen MR) is 84.7 cm³/mol. The van der Waals surface area contributed by atoms with Gasteiger partial charge in [0.05, 0.1) is 24.8 Å². The van der Waals surface area contributed by atoms with Gasteiger partial charge in [-0.1, -0.05) is 18.2 Å². The number of methoxy groups -OCH3 is 2. The molecule has 0 aliphatic rings. The maximum Gasteiger partial charge on any atom is 0.257 e. The van der Waals surface area contributed by atoms with Crippen LogP contribution in [0.4, 0.5) is 5.69 Å². The minimum absolute atomic E-state index is 0.0907. The summed E-state index contributed by atoms with van der Waals surface area (Å²) in [5.74, 6) is 0.825. The van der Waals surface area contributed by atoms with Crippen molar-refractivity contribution in [3.05, 3.63) is 48.5 Å². The van der Waals surface area contributed by atoms with Crippen molar-refractivity contribution < 1.29 is 17.9 Å². The van der Waals surface area contributed by atoms with E-state index < -0.39 is 10.0 Å². The number of hydrogen-bond acceptors (Lipinski definition) is 5. The summed E-state index contributed by atoms with van der Waals surface area (Å²) in [6.45, 7) is 0. The summed E-state index contributed by atoms with van der Waals surface area (Å²) in [7, 11) is 0.857. The lowest BCUT2D eigenvalue weighted by Gasteiger charge is -2.20. The zero-order valence-electron chi connectivity index (χ0n) is 12.6. The van der Waals surface area contributed by atoms with Crippen LogP contribution in [0.1, 0.15) is 0 Å². The van der Waals surface area contributed by atoms with Gasteiger partial charge in [-0.05, 0) is 24.3 Å². The van der Waals surface area contributed by atoms with Crippen LogP contribution in [0.5, 0.6) is 11.5 Å². The Balaban J connectivity index is 2.27. The summed E-state index contributed by atoms with van der Waals surface area (Å²) in [5.41, 5.74) is 0.728. The highest BCUT2D eigenvalue weighted by Crippen LogP contribution is 2.29. The second-order valence-corrected chi connectivity index (χ2v) is 6.17. The molecule has 0 fully saturated rings. The van der Waals surface area contributed by atoms with Gasteiger partial charge in [0.15, 0.2) is 11.5 Å². The van der Waals surface area contributed by atoms with E-state index in [0.717, 1.165) is 5.69 Å². The van der Waals surface area contributed by atoms with Crippen LogP contribution >= 0.6 is 0 Å². The first kappa shape index (κ1) is 16.1. The van der Waals surface area contributed by atoms with Crippen molar-refractivity contribution in [1.82, 2.24) is 4.83 Å². The van der Waals surface area contributed by atoms with E-state index in [-0.39, 0.29) is 4.90 Å². The molecule has 2 rings (SSSR count). The third kappa shape index (κ3) is 3.49. The number of ether oxygens (including phenoxy) is 2. The maximum atomic E-state index is 12.4. The topological polar surface area (TPSA) is 67.9 Å². The smallest absolute Gasteiger partial charge is 0.257 e. The Bertz CT molecular complexity index is 732. The van der Waals surface area contributed by atoms with Crippen LogP contribution in [0.15, 0.2) is 53.4 Å². The van der Waals surface area contributed by atoms with Gasteiger partial charge in [0.1, 0.15) is 0 Å². The quantitative estimate of drug-likeness (QED) is 0.824. The van der Waals surface area contributed by atoms with Crippen LogP contribution in [-0.2, 0) is 10.0 Å². The Hall–Kier alpha value is -2.25. The molecule has 6 nitrogen and oxygen atoms in total. The normalized spacial score (nSPS) is 11.0. The zero-order valence-corrected chi connectivity index (χ0v) is 13.4. The second kappa shape index (κ2) is 6.67. The highest BCUT2D eigenvalue weighted by Gasteiger charge is 2.19. The number of nitrogens with zero attached hydrogens (tertiary/aromatic N) is 1. The van der Waals surface area contributed by atoms with Crippen LogP contribution in [0.3, 0.4) is 0 Å². The van der Waals surface area contributed by atoms with Gasteiger partial charge in [0, 0.05) is 13.1 Å². The van der Waals surface area contributed by atoms with Gasteiger partial charge in [-0.2, -0.15) is 0 Å². The van der Waals surface area contributed by atoms with E-state index in [1.807, 2.05) is 18.2 Å². The van der Waals surface area contributed by atoms with Gasteiger partial charge in [-0.25, -0.2) is 8.42 Å². The molecule has 0 heterocycles. The second-order valence-electron chi connectivity index (χ2n) is 4.51. The van der Waals surface area contributed by atoms with Crippen molar-refractivity contribution >= 4 is 15.7 Å². The molecule has 0 unspecified atom stereocenters. The average molecular weight is 322 g/mol. The zero-order chi connectivity index (χ0) is 16.2. The molecule has 0 aliphatic heterocycles. The molecular weight excluding hydrogens is 304 g/mol. The minimum Gasteiger partial charge on any atom is -0.493 e. The molecule has 0 saturated carbocycles. The number of hydrazine groups is 1.